The molecule has 12 heavy (non-hydrogen) atoms. The lowest BCUT2D eigenvalue weighted by Crippen LogP contribution is -2.18. The van der Waals surface area contributed by atoms with E-state index in [0.29, 0.717) is 19.6 Å². The van der Waals surface area contributed by atoms with Crippen molar-refractivity contribution in [3.8, 4) is 0 Å². The van der Waals surface area contributed by atoms with Gasteiger partial charge in [0.2, 0.25) is 0 Å². The van der Waals surface area contributed by atoms with E-state index in [-0.39, 0.29) is 6.61 Å². The van der Waals surface area contributed by atoms with E-state index in [4.69, 9.17) is 24.5 Å². The minimum atomic E-state index is -3.37. The molecule has 0 atom stereocenters. The van der Waals surface area contributed by atoms with Crippen LogP contribution in [0.15, 0.2) is 12.7 Å². The van der Waals surface area contributed by atoms with Crippen LogP contribution in [-0.4, -0.2) is 24.9 Å². The summed E-state index contributed by atoms with van der Waals surface area (Å²) >= 11 is 0. The van der Waals surface area contributed by atoms with Crippen molar-refractivity contribution in [2.24, 2.45) is 0 Å². The van der Waals surface area contributed by atoms with Crippen molar-refractivity contribution in [3.05, 3.63) is 12.7 Å². The Morgan fingerprint density at radius 3 is 2.25 bits per heavy atom. The summed E-state index contributed by atoms with van der Waals surface area (Å²) in [7, 11) is -3.37. The van der Waals surface area contributed by atoms with Gasteiger partial charge >= 0.3 is 0 Å². The first-order valence-electron chi connectivity index (χ1n) is 3.26. The lowest BCUT2D eigenvalue weighted by Gasteiger charge is -2.39. The Kier molecular flexibility index (Phi) is 16.4. The number of ether oxygens (including phenoxy) is 1. The van der Waals surface area contributed by atoms with E-state index in [2.05, 4.69) is 6.58 Å². The second-order valence-electron chi connectivity index (χ2n) is 1.66. The number of aliphatic hydroxyl groups is 1. The van der Waals surface area contributed by atoms with Gasteiger partial charge in [-0.05, 0) is 6.42 Å². The highest BCUT2D eigenvalue weighted by atomic mass is 31.2. The van der Waals surface area contributed by atoms with Crippen molar-refractivity contribution in [3.63, 3.8) is 0 Å². The smallest absolute Gasteiger partial charge is 0.0644 e. The molecule has 0 aromatic heterocycles. The average Bonchev–Trinajstić information content (AvgIpc) is 1.97. The van der Waals surface area contributed by atoms with Crippen LogP contribution in [0.4, 0.5) is 0 Å². The van der Waals surface area contributed by atoms with E-state index in [1.54, 1.807) is 6.08 Å². The van der Waals surface area contributed by atoms with Crippen molar-refractivity contribution in [2.75, 3.05) is 19.8 Å². The van der Waals surface area contributed by atoms with Crippen molar-refractivity contribution < 1.29 is 24.5 Å². The first-order chi connectivity index (χ1) is 5.65. The molecule has 1 N–H and O–H groups in total. The third-order valence-corrected chi connectivity index (χ3v) is 0.682. The van der Waals surface area contributed by atoms with Gasteiger partial charge in [0.05, 0.1) is 6.61 Å². The van der Waals surface area contributed by atoms with Gasteiger partial charge in [-0.2, -0.15) is 0 Å². The SMILES string of the molecule is C=CCOCCCO.[O-]P([O-])[O-]. The zero-order valence-corrected chi connectivity index (χ0v) is 7.53. The molecule has 74 valence electrons. The lowest BCUT2D eigenvalue weighted by atomic mass is 10.5. The Labute approximate surface area is 72.9 Å². The van der Waals surface area contributed by atoms with Crippen molar-refractivity contribution in [1.82, 2.24) is 0 Å². The molecule has 0 radical (unpaired) electrons. The monoisotopic (exact) mass is 195 g/mol. The summed E-state index contributed by atoms with van der Waals surface area (Å²) in [6, 6.07) is 0. The van der Waals surface area contributed by atoms with E-state index < -0.39 is 8.60 Å². The molecule has 0 aromatic carbocycles. The van der Waals surface area contributed by atoms with E-state index in [1.165, 1.54) is 0 Å². The quantitative estimate of drug-likeness (QED) is 0.307. The molecule has 0 unspecified atom stereocenters. The van der Waals surface area contributed by atoms with Crippen LogP contribution in [0.25, 0.3) is 0 Å². The molecule has 0 amide bonds. The largest absolute Gasteiger partial charge is 0.854 e. The van der Waals surface area contributed by atoms with Gasteiger partial charge in [-0.25, -0.2) is 0 Å². The molecule has 5 nitrogen and oxygen atoms in total. The van der Waals surface area contributed by atoms with E-state index in [9.17, 15) is 0 Å². The molecule has 0 saturated heterocycles. The zero-order valence-electron chi connectivity index (χ0n) is 6.64. The fourth-order valence-corrected chi connectivity index (χ4v) is 0.333. The molecule has 0 saturated carbocycles. The summed E-state index contributed by atoms with van der Waals surface area (Å²) in [4.78, 5) is 25.4. The molecule has 0 aliphatic carbocycles. The van der Waals surface area contributed by atoms with Gasteiger partial charge in [-0.3, -0.25) is 0 Å². The van der Waals surface area contributed by atoms with Gasteiger partial charge in [0.15, 0.2) is 0 Å². The van der Waals surface area contributed by atoms with Crippen molar-refractivity contribution >= 4 is 8.60 Å². The lowest BCUT2D eigenvalue weighted by molar-refractivity contribution is -0.407. The second-order valence-corrected chi connectivity index (χ2v) is 2.11. The van der Waals surface area contributed by atoms with Crippen LogP contribution in [0.1, 0.15) is 6.42 Å². The first kappa shape index (κ1) is 14.5. The molecule has 0 fully saturated rings. The maximum absolute atomic E-state index is 8.48. The van der Waals surface area contributed by atoms with Crippen LogP contribution in [0.5, 0.6) is 0 Å². The molecule has 0 rings (SSSR count). The highest BCUT2D eigenvalue weighted by Crippen LogP contribution is 1.85. The summed E-state index contributed by atoms with van der Waals surface area (Å²) in [6.45, 7) is 4.89. The van der Waals surface area contributed by atoms with Gasteiger partial charge in [0, 0.05) is 13.2 Å². The highest BCUT2D eigenvalue weighted by molar-refractivity contribution is 7.33. The first-order valence-corrected chi connectivity index (χ1v) is 4.35. The minimum absolute atomic E-state index is 0.205. The van der Waals surface area contributed by atoms with Crippen LogP contribution in [0.2, 0.25) is 0 Å². The summed E-state index contributed by atoms with van der Waals surface area (Å²) in [5, 5.41) is 8.26. The molecule has 0 bridgehead atoms. The van der Waals surface area contributed by atoms with Gasteiger partial charge < -0.3 is 33.1 Å². The molecule has 0 aliphatic rings. The highest BCUT2D eigenvalue weighted by Gasteiger charge is 1.80. The Morgan fingerprint density at radius 1 is 1.42 bits per heavy atom. The number of hydrogen-bond acceptors (Lipinski definition) is 5. The summed E-state index contributed by atoms with van der Waals surface area (Å²) in [5.41, 5.74) is 0. The second kappa shape index (κ2) is 13.6. The third kappa shape index (κ3) is 32.5. The zero-order chi connectivity index (χ0) is 9.82. The summed E-state index contributed by atoms with van der Waals surface area (Å²) in [5.74, 6) is 0. The molecule has 0 heterocycles. The maximum atomic E-state index is 8.48. The Balaban J connectivity index is 0. The third-order valence-electron chi connectivity index (χ3n) is 0.682. The fourth-order valence-electron chi connectivity index (χ4n) is 0.333. The Hall–Kier alpha value is -0.0300. The van der Waals surface area contributed by atoms with Crippen LogP contribution in [0.3, 0.4) is 0 Å². The van der Waals surface area contributed by atoms with E-state index >= 15 is 0 Å². The molecule has 0 spiro atoms. The average molecular weight is 195 g/mol. The number of hydrogen-bond donors (Lipinski definition) is 1. The molecular formula is C6H12O5P-3. The van der Waals surface area contributed by atoms with Gasteiger partial charge in [0.1, 0.15) is 0 Å². The van der Waals surface area contributed by atoms with Crippen molar-refractivity contribution in [1.29, 1.82) is 0 Å². The topological polar surface area (TPSA) is 98.6 Å². The van der Waals surface area contributed by atoms with Crippen LogP contribution in [0, 0.1) is 0 Å². The fraction of sp³-hybridized carbons (Fsp3) is 0.667. The molecule has 0 aromatic rings. The van der Waals surface area contributed by atoms with Crippen LogP contribution in [-0.2, 0) is 4.74 Å². The number of aliphatic hydroxyl groups excluding tert-OH is 1. The van der Waals surface area contributed by atoms with Gasteiger partial charge in [0.25, 0.3) is 0 Å². The van der Waals surface area contributed by atoms with Crippen molar-refractivity contribution in [2.45, 2.75) is 6.42 Å². The summed E-state index contributed by atoms with van der Waals surface area (Å²) < 4.78 is 4.95. The number of rotatable bonds is 5. The van der Waals surface area contributed by atoms with Gasteiger partial charge in [-0.1, -0.05) is 6.08 Å². The molecular weight excluding hydrogens is 183 g/mol. The maximum Gasteiger partial charge on any atom is 0.0644 e. The molecule has 0 aliphatic heterocycles. The Morgan fingerprint density at radius 2 is 1.92 bits per heavy atom. The standard InChI is InChI=1S/C6H12O2.O3P/c1-2-5-8-6-3-4-7;1-4(2)3/h2,7H,1,3-6H2;/q;-3. The molecule has 6 heteroatoms. The van der Waals surface area contributed by atoms with Crippen LogP contribution < -0.4 is 14.7 Å². The summed E-state index contributed by atoms with van der Waals surface area (Å²) in [6.07, 6.45) is 2.41. The normalized spacial score (nSPS) is 9.08. The van der Waals surface area contributed by atoms with Gasteiger partial charge in [-0.15, -0.1) is 6.58 Å². The predicted molar refractivity (Wildman–Crippen MR) is 39.6 cm³/mol. The van der Waals surface area contributed by atoms with E-state index in [1.807, 2.05) is 0 Å². The minimum Gasteiger partial charge on any atom is -0.854 e. The predicted octanol–water partition coefficient (Wildman–Crippen LogP) is -2.13. The van der Waals surface area contributed by atoms with Crippen LogP contribution >= 0.6 is 8.60 Å². The van der Waals surface area contributed by atoms with E-state index in [0.717, 1.165) is 0 Å². The Bertz CT molecular complexity index is 85.3.